The zero-order valence-electron chi connectivity index (χ0n) is 13.1. The summed E-state index contributed by atoms with van der Waals surface area (Å²) in [6, 6.07) is 1.64. The molecule has 0 amide bonds. The van der Waals surface area contributed by atoms with Gasteiger partial charge in [0.15, 0.2) is 0 Å². The van der Waals surface area contributed by atoms with Gasteiger partial charge in [-0.1, -0.05) is 34.6 Å². The van der Waals surface area contributed by atoms with Crippen LogP contribution in [0.3, 0.4) is 0 Å². The highest BCUT2D eigenvalue weighted by Gasteiger charge is 2.37. The molecule has 2 aliphatic heterocycles. The van der Waals surface area contributed by atoms with Gasteiger partial charge in [-0.05, 0) is 43.7 Å². The first-order chi connectivity index (χ1) is 8.37. The average Bonchev–Trinajstić information content (AvgIpc) is 2.70. The second-order valence-corrected chi connectivity index (χ2v) is 7.91. The predicted molar refractivity (Wildman–Crippen MR) is 78.9 cm³/mol. The van der Waals surface area contributed by atoms with Gasteiger partial charge < -0.3 is 0 Å². The van der Waals surface area contributed by atoms with Gasteiger partial charge in [-0.2, -0.15) is 0 Å². The Kier molecular flexibility index (Phi) is 4.38. The van der Waals surface area contributed by atoms with Crippen molar-refractivity contribution in [1.29, 1.82) is 0 Å². The summed E-state index contributed by atoms with van der Waals surface area (Å²) < 4.78 is 0. The number of hydrogen-bond donors (Lipinski definition) is 0. The van der Waals surface area contributed by atoms with E-state index in [4.69, 9.17) is 0 Å². The van der Waals surface area contributed by atoms with E-state index < -0.39 is 0 Å². The highest BCUT2D eigenvalue weighted by atomic mass is 15.3. The van der Waals surface area contributed by atoms with E-state index >= 15 is 0 Å². The van der Waals surface area contributed by atoms with Gasteiger partial charge in [-0.3, -0.25) is 9.80 Å². The van der Waals surface area contributed by atoms with Crippen molar-refractivity contribution in [3.8, 4) is 0 Å². The molecule has 0 radical (unpaired) electrons. The zero-order chi connectivity index (χ0) is 13.3. The van der Waals surface area contributed by atoms with Crippen LogP contribution in [0, 0.1) is 11.3 Å². The van der Waals surface area contributed by atoms with Crippen molar-refractivity contribution in [3.63, 3.8) is 0 Å². The first-order valence-corrected chi connectivity index (χ1v) is 7.85. The molecule has 0 aromatic carbocycles. The molecule has 0 N–H and O–H groups in total. The monoisotopic (exact) mass is 252 g/mol. The Labute approximate surface area is 114 Å². The molecule has 2 rings (SSSR count). The van der Waals surface area contributed by atoms with Gasteiger partial charge >= 0.3 is 0 Å². The van der Waals surface area contributed by atoms with Crippen molar-refractivity contribution in [2.75, 3.05) is 26.2 Å². The Morgan fingerprint density at radius 1 is 1.17 bits per heavy atom. The third kappa shape index (κ3) is 3.48. The van der Waals surface area contributed by atoms with Crippen LogP contribution in [-0.4, -0.2) is 48.1 Å². The molecule has 18 heavy (non-hydrogen) atoms. The second-order valence-electron chi connectivity index (χ2n) is 7.91. The summed E-state index contributed by atoms with van der Waals surface area (Å²) in [6.45, 7) is 17.1. The third-order valence-electron chi connectivity index (χ3n) is 4.75. The second kappa shape index (κ2) is 5.50. The largest absolute Gasteiger partial charge is 0.298 e. The van der Waals surface area contributed by atoms with Gasteiger partial charge in [0.05, 0.1) is 0 Å². The topological polar surface area (TPSA) is 6.48 Å². The van der Waals surface area contributed by atoms with Crippen molar-refractivity contribution >= 4 is 0 Å². The minimum atomic E-state index is 0.467. The first-order valence-electron chi connectivity index (χ1n) is 7.85. The van der Waals surface area contributed by atoms with Gasteiger partial charge in [0.1, 0.15) is 0 Å². The van der Waals surface area contributed by atoms with E-state index in [9.17, 15) is 0 Å². The molecule has 0 spiro atoms. The number of nitrogens with zero attached hydrogens (tertiary/aromatic N) is 2. The number of piperazine rings is 1. The molecule has 0 bridgehead atoms. The molecule has 2 aliphatic rings. The molecule has 0 aromatic heterocycles. The molecule has 2 nitrogen and oxygen atoms in total. The van der Waals surface area contributed by atoms with E-state index in [1.54, 1.807) is 0 Å². The molecule has 0 aromatic rings. The summed E-state index contributed by atoms with van der Waals surface area (Å²) in [6.07, 6.45) is 4.17. The molecule has 2 unspecified atom stereocenters. The molecule has 2 atom stereocenters. The Morgan fingerprint density at radius 3 is 2.50 bits per heavy atom. The van der Waals surface area contributed by atoms with E-state index in [1.807, 2.05) is 0 Å². The van der Waals surface area contributed by atoms with Gasteiger partial charge in [0, 0.05) is 25.2 Å². The molecule has 2 fully saturated rings. The molecule has 2 heterocycles. The molecular formula is C16H32N2. The predicted octanol–water partition coefficient (Wildman–Crippen LogP) is 3.23. The van der Waals surface area contributed by atoms with Crippen LogP contribution in [0.25, 0.3) is 0 Å². The summed E-state index contributed by atoms with van der Waals surface area (Å²) in [7, 11) is 0. The zero-order valence-corrected chi connectivity index (χ0v) is 13.1. The minimum absolute atomic E-state index is 0.467. The molecule has 0 saturated carbocycles. The smallest absolute Gasteiger partial charge is 0.0246 e. The van der Waals surface area contributed by atoms with Gasteiger partial charge in [-0.25, -0.2) is 0 Å². The lowest BCUT2D eigenvalue weighted by Gasteiger charge is -2.46. The summed E-state index contributed by atoms with van der Waals surface area (Å²) >= 11 is 0. The van der Waals surface area contributed by atoms with E-state index in [0.29, 0.717) is 5.41 Å². The number of hydrogen-bond acceptors (Lipinski definition) is 2. The van der Waals surface area contributed by atoms with Crippen molar-refractivity contribution in [1.82, 2.24) is 9.80 Å². The number of rotatable bonds is 3. The van der Waals surface area contributed by atoms with Crippen molar-refractivity contribution in [2.24, 2.45) is 11.3 Å². The lowest BCUT2D eigenvalue weighted by molar-refractivity contribution is 0.0231. The Balaban J connectivity index is 1.96. The van der Waals surface area contributed by atoms with Crippen LogP contribution in [-0.2, 0) is 0 Å². The van der Waals surface area contributed by atoms with E-state index in [2.05, 4.69) is 44.4 Å². The van der Waals surface area contributed by atoms with Crippen LogP contribution >= 0.6 is 0 Å². The van der Waals surface area contributed by atoms with Gasteiger partial charge in [0.25, 0.3) is 0 Å². The molecule has 2 saturated heterocycles. The van der Waals surface area contributed by atoms with Crippen LogP contribution in [0.1, 0.15) is 53.9 Å². The number of fused-ring (bicyclic) bond motifs is 1. The Morgan fingerprint density at radius 2 is 1.89 bits per heavy atom. The minimum Gasteiger partial charge on any atom is -0.298 e. The average molecular weight is 252 g/mol. The molecule has 0 aliphatic carbocycles. The fourth-order valence-corrected chi connectivity index (χ4v) is 3.47. The fraction of sp³-hybridized carbons (Fsp3) is 1.00. The SMILES string of the molecule is CC(C)C1CN2CCCC2CN1CCC(C)(C)C. The van der Waals surface area contributed by atoms with Gasteiger partial charge in [0.2, 0.25) is 0 Å². The maximum atomic E-state index is 2.79. The highest BCUT2D eigenvalue weighted by molar-refractivity contribution is 4.93. The van der Waals surface area contributed by atoms with Gasteiger partial charge in [-0.15, -0.1) is 0 Å². The Hall–Kier alpha value is -0.0800. The molecular weight excluding hydrogens is 220 g/mol. The summed E-state index contributed by atoms with van der Waals surface area (Å²) in [5.41, 5.74) is 0.467. The van der Waals surface area contributed by atoms with Crippen LogP contribution in [0.2, 0.25) is 0 Å². The van der Waals surface area contributed by atoms with Crippen molar-refractivity contribution < 1.29 is 0 Å². The summed E-state index contributed by atoms with van der Waals surface area (Å²) in [5.74, 6) is 0.784. The molecule has 2 heteroatoms. The van der Waals surface area contributed by atoms with Crippen LogP contribution in [0.5, 0.6) is 0 Å². The maximum Gasteiger partial charge on any atom is 0.0246 e. The highest BCUT2D eigenvalue weighted by Crippen LogP contribution is 2.29. The van der Waals surface area contributed by atoms with E-state index in [1.165, 1.54) is 45.4 Å². The van der Waals surface area contributed by atoms with Crippen molar-refractivity contribution in [3.05, 3.63) is 0 Å². The fourth-order valence-electron chi connectivity index (χ4n) is 3.47. The first kappa shape index (κ1) is 14.3. The lowest BCUT2D eigenvalue weighted by Crippen LogP contribution is -2.58. The Bertz CT molecular complexity index is 267. The summed E-state index contributed by atoms with van der Waals surface area (Å²) in [4.78, 5) is 5.54. The van der Waals surface area contributed by atoms with E-state index in [0.717, 1.165) is 18.0 Å². The summed E-state index contributed by atoms with van der Waals surface area (Å²) in [5, 5.41) is 0. The van der Waals surface area contributed by atoms with Crippen LogP contribution < -0.4 is 0 Å². The third-order valence-corrected chi connectivity index (χ3v) is 4.75. The van der Waals surface area contributed by atoms with Crippen LogP contribution in [0.15, 0.2) is 0 Å². The van der Waals surface area contributed by atoms with Crippen LogP contribution in [0.4, 0.5) is 0 Å². The standard InChI is InChI=1S/C16H32N2/c1-13(2)15-12-17-9-6-7-14(17)11-18(15)10-8-16(3,4)5/h13-15H,6-12H2,1-5H3. The maximum absolute atomic E-state index is 2.79. The van der Waals surface area contributed by atoms with E-state index in [-0.39, 0.29) is 0 Å². The van der Waals surface area contributed by atoms with Crippen molar-refractivity contribution in [2.45, 2.75) is 66.0 Å². The quantitative estimate of drug-likeness (QED) is 0.761. The lowest BCUT2D eigenvalue weighted by atomic mass is 9.90. The normalized spacial score (nSPS) is 31.0. The molecule has 106 valence electrons.